The average molecular weight is 301 g/mol. The van der Waals surface area contributed by atoms with Crippen molar-refractivity contribution in [3.05, 3.63) is 27.7 Å². The van der Waals surface area contributed by atoms with Crippen LogP contribution in [0.15, 0.2) is 16.6 Å². The van der Waals surface area contributed by atoms with Crippen LogP contribution in [0.25, 0.3) is 0 Å². The summed E-state index contributed by atoms with van der Waals surface area (Å²) in [5.74, 6) is 0.474. The predicted molar refractivity (Wildman–Crippen MR) is 70.6 cm³/mol. The number of aryl methyl sites for hydroxylation is 1. The van der Waals surface area contributed by atoms with Crippen molar-refractivity contribution in [1.29, 1.82) is 0 Å². The Morgan fingerprint density at radius 3 is 2.35 bits per heavy atom. The molecule has 1 rings (SSSR count). The molecule has 0 saturated carbocycles. The minimum absolute atomic E-state index is 0.0520. The molecule has 0 fully saturated rings. The predicted octanol–water partition coefficient (Wildman–Crippen LogP) is 4.20. The topological polar surface area (TPSA) is 35.5 Å². The maximum absolute atomic E-state index is 11.1. The molecule has 1 aromatic carbocycles. The quantitative estimate of drug-likeness (QED) is 0.576. The van der Waals surface area contributed by atoms with E-state index in [2.05, 4.69) is 41.4 Å². The Balaban J connectivity index is 3.14. The van der Waals surface area contributed by atoms with Crippen molar-refractivity contribution in [2.75, 3.05) is 7.11 Å². The van der Waals surface area contributed by atoms with Gasteiger partial charge in [-0.3, -0.25) is 0 Å². The lowest BCUT2D eigenvalue weighted by Crippen LogP contribution is -2.14. The smallest absolute Gasteiger partial charge is 0.437 e. The molecule has 17 heavy (non-hydrogen) atoms. The van der Waals surface area contributed by atoms with Gasteiger partial charge in [0.05, 0.1) is 11.6 Å². The second-order valence-corrected chi connectivity index (χ2v) is 5.76. The number of carbonyl (C=O) groups excluding carboxylic acids is 1. The highest BCUT2D eigenvalue weighted by molar-refractivity contribution is 9.10. The molecule has 0 aliphatic heterocycles. The van der Waals surface area contributed by atoms with Gasteiger partial charge >= 0.3 is 6.16 Å². The molecule has 94 valence electrons. The number of hydrogen-bond donors (Lipinski definition) is 0. The Kier molecular flexibility index (Phi) is 4.20. The van der Waals surface area contributed by atoms with Crippen molar-refractivity contribution in [3.8, 4) is 5.75 Å². The number of rotatable bonds is 1. The summed E-state index contributed by atoms with van der Waals surface area (Å²) in [7, 11) is 1.28. The third kappa shape index (κ3) is 3.46. The van der Waals surface area contributed by atoms with E-state index in [1.807, 2.05) is 19.1 Å². The minimum Gasteiger partial charge on any atom is -0.437 e. The van der Waals surface area contributed by atoms with Crippen LogP contribution in [-0.4, -0.2) is 13.3 Å². The van der Waals surface area contributed by atoms with E-state index in [4.69, 9.17) is 4.74 Å². The van der Waals surface area contributed by atoms with E-state index in [9.17, 15) is 4.79 Å². The minimum atomic E-state index is -0.714. The van der Waals surface area contributed by atoms with Crippen molar-refractivity contribution in [2.24, 2.45) is 0 Å². The fourth-order valence-electron chi connectivity index (χ4n) is 1.67. The molecule has 0 bridgehead atoms. The average Bonchev–Trinajstić information content (AvgIpc) is 2.21. The van der Waals surface area contributed by atoms with E-state index in [0.717, 1.165) is 10.0 Å². The summed E-state index contributed by atoms with van der Waals surface area (Å²) in [5, 5.41) is 0. The van der Waals surface area contributed by atoms with Gasteiger partial charge in [-0.15, -0.1) is 0 Å². The number of benzene rings is 1. The van der Waals surface area contributed by atoms with Gasteiger partial charge in [0.25, 0.3) is 0 Å². The highest BCUT2D eigenvalue weighted by atomic mass is 79.9. The van der Waals surface area contributed by atoms with E-state index in [1.165, 1.54) is 12.7 Å². The lowest BCUT2D eigenvalue weighted by Gasteiger charge is -2.22. The summed E-state index contributed by atoms with van der Waals surface area (Å²) in [5.41, 5.74) is 2.34. The molecule has 0 spiro atoms. The van der Waals surface area contributed by atoms with E-state index in [-0.39, 0.29) is 5.41 Å². The Bertz CT molecular complexity index is 433. The van der Waals surface area contributed by atoms with E-state index in [0.29, 0.717) is 5.75 Å². The number of ether oxygens (including phenoxy) is 2. The van der Waals surface area contributed by atoms with Gasteiger partial charge in [0.1, 0.15) is 5.75 Å². The molecule has 0 radical (unpaired) electrons. The molecule has 0 atom stereocenters. The molecular formula is C13H17BrO3. The normalized spacial score (nSPS) is 11.2. The van der Waals surface area contributed by atoms with Gasteiger partial charge < -0.3 is 9.47 Å². The van der Waals surface area contributed by atoms with Gasteiger partial charge in [0, 0.05) is 0 Å². The van der Waals surface area contributed by atoms with Crippen LogP contribution in [0.5, 0.6) is 5.75 Å². The summed E-state index contributed by atoms with van der Waals surface area (Å²) < 4.78 is 10.2. The van der Waals surface area contributed by atoms with E-state index < -0.39 is 6.16 Å². The Morgan fingerprint density at radius 2 is 1.88 bits per heavy atom. The van der Waals surface area contributed by atoms with Crippen LogP contribution in [0.2, 0.25) is 0 Å². The third-order valence-electron chi connectivity index (χ3n) is 2.45. The SMILES string of the molecule is COC(=O)Oc1cc(C)c(C(C)(C)C)cc1Br. The highest BCUT2D eigenvalue weighted by Crippen LogP contribution is 2.34. The molecule has 0 aromatic heterocycles. The first kappa shape index (κ1) is 14.0. The second kappa shape index (κ2) is 5.08. The molecule has 3 nitrogen and oxygen atoms in total. The zero-order valence-electron chi connectivity index (χ0n) is 10.8. The summed E-state index contributed by atoms with van der Waals surface area (Å²) in [6.45, 7) is 8.42. The van der Waals surface area contributed by atoms with Gasteiger partial charge in [0.15, 0.2) is 0 Å². The van der Waals surface area contributed by atoms with E-state index >= 15 is 0 Å². The molecule has 1 aromatic rings. The number of halogens is 1. The zero-order chi connectivity index (χ0) is 13.2. The summed E-state index contributed by atoms with van der Waals surface area (Å²) in [4.78, 5) is 11.1. The van der Waals surface area contributed by atoms with Crippen molar-refractivity contribution in [3.63, 3.8) is 0 Å². The van der Waals surface area contributed by atoms with E-state index in [1.54, 1.807) is 0 Å². The van der Waals surface area contributed by atoms with Crippen molar-refractivity contribution < 1.29 is 14.3 Å². The second-order valence-electron chi connectivity index (χ2n) is 4.90. The van der Waals surface area contributed by atoms with Gasteiger partial charge in [0.2, 0.25) is 0 Å². The Hall–Kier alpha value is -1.03. The fraction of sp³-hybridized carbons (Fsp3) is 0.462. The summed E-state index contributed by atoms with van der Waals surface area (Å²) >= 11 is 3.40. The van der Waals surface area contributed by atoms with Crippen LogP contribution in [0, 0.1) is 6.92 Å². The number of methoxy groups -OCH3 is 1. The number of carbonyl (C=O) groups is 1. The van der Waals surface area contributed by atoms with Crippen LogP contribution < -0.4 is 4.74 Å². The Labute approximate surface area is 110 Å². The molecule has 0 aliphatic rings. The fourth-order valence-corrected chi connectivity index (χ4v) is 2.10. The maximum Gasteiger partial charge on any atom is 0.513 e. The largest absolute Gasteiger partial charge is 0.513 e. The van der Waals surface area contributed by atoms with Crippen molar-refractivity contribution >= 4 is 22.1 Å². The molecule has 0 heterocycles. The van der Waals surface area contributed by atoms with Crippen LogP contribution in [0.1, 0.15) is 31.9 Å². The molecule has 4 heteroatoms. The first-order chi connectivity index (χ1) is 7.75. The monoisotopic (exact) mass is 300 g/mol. The lowest BCUT2D eigenvalue weighted by atomic mass is 9.84. The van der Waals surface area contributed by atoms with Crippen molar-refractivity contribution in [1.82, 2.24) is 0 Å². The maximum atomic E-state index is 11.1. The first-order valence-electron chi connectivity index (χ1n) is 5.32. The lowest BCUT2D eigenvalue weighted by molar-refractivity contribution is 0.121. The Morgan fingerprint density at radius 1 is 1.29 bits per heavy atom. The zero-order valence-corrected chi connectivity index (χ0v) is 12.3. The number of hydrogen-bond acceptors (Lipinski definition) is 3. The van der Waals surface area contributed by atoms with Crippen LogP contribution in [0.4, 0.5) is 4.79 Å². The van der Waals surface area contributed by atoms with Crippen LogP contribution in [0.3, 0.4) is 0 Å². The van der Waals surface area contributed by atoms with Gasteiger partial charge in [-0.2, -0.15) is 0 Å². The molecule has 0 aliphatic carbocycles. The molecule has 0 amide bonds. The molecular weight excluding hydrogens is 284 g/mol. The highest BCUT2D eigenvalue weighted by Gasteiger charge is 2.19. The molecule has 0 saturated heterocycles. The molecule has 0 N–H and O–H groups in total. The van der Waals surface area contributed by atoms with Crippen LogP contribution in [-0.2, 0) is 10.2 Å². The van der Waals surface area contributed by atoms with Crippen LogP contribution >= 0.6 is 15.9 Å². The standard InChI is InChI=1S/C13H17BrO3/c1-8-6-11(17-12(15)16-5)10(14)7-9(8)13(2,3)4/h6-7H,1-5H3. The first-order valence-corrected chi connectivity index (χ1v) is 6.11. The third-order valence-corrected chi connectivity index (χ3v) is 3.07. The van der Waals surface area contributed by atoms with Crippen molar-refractivity contribution in [2.45, 2.75) is 33.1 Å². The van der Waals surface area contributed by atoms with Gasteiger partial charge in [-0.1, -0.05) is 20.8 Å². The molecule has 0 unspecified atom stereocenters. The summed E-state index contributed by atoms with van der Waals surface area (Å²) in [6.07, 6.45) is -0.714. The van der Waals surface area contributed by atoms with Gasteiger partial charge in [-0.05, 0) is 51.5 Å². The summed E-state index contributed by atoms with van der Waals surface area (Å²) in [6, 6.07) is 3.81. The van der Waals surface area contributed by atoms with Gasteiger partial charge in [-0.25, -0.2) is 4.79 Å².